The molecule has 1 aliphatic rings. The van der Waals surface area contributed by atoms with Crippen LogP contribution in [0, 0.1) is 13.8 Å². The van der Waals surface area contributed by atoms with E-state index in [1.165, 1.54) is 11.3 Å². The normalized spacial score (nSPS) is 15.3. The molecule has 1 aromatic heterocycles. The van der Waals surface area contributed by atoms with Crippen molar-refractivity contribution in [3.05, 3.63) is 46.5 Å². The van der Waals surface area contributed by atoms with Crippen molar-refractivity contribution in [3.8, 4) is 0 Å². The zero-order valence-corrected chi connectivity index (χ0v) is 17.2. The average Bonchev–Trinajstić information content (AvgIpc) is 2.99. The first-order valence-electron chi connectivity index (χ1n) is 8.95. The van der Waals surface area contributed by atoms with Crippen LogP contribution in [0.2, 0.25) is 0 Å². The minimum absolute atomic E-state index is 0.183. The van der Waals surface area contributed by atoms with Gasteiger partial charge in [0.25, 0.3) is 0 Å². The predicted octanol–water partition coefficient (Wildman–Crippen LogP) is 3.07. The highest BCUT2D eigenvalue weighted by Crippen LogP contribution is 2.21. The number of nitrogens with one attached hydrogen (secondary N) is 2. The number of thiazole rings is 1. The summed E-state index contributed by atoms with van der Waals surface area (Å²) in [5.74, 6) is 1.62. The van der Waals surface area contributed by atoms with Crippen molar-refractivity contribution >= 4 is 40.2 Å². The topological polar surface area (TPSA) is 74.3 Å². The average molecular weight is 405 g/mol. The molecule has 6 nitrogen and oxygen atoms in total. The summed E-state index contributed by atoms with van der Waals surface area (Å²) in [5.41, 5.74) is 1.91. The van der Waals surface area contributed by atoms with Gasteiger partial charge < -0.3 is 15.5 Å². The van der Waals surface area contributed by atoms with E-state index < -0.39 is 6.04 Å². The molecule has 0 saturated carbocycles. The minimum atomic E-state index is -0.654. The summed E-state index contributed by atoms with van der Waals surface area (Å²) in [6, 6.07) is 8.88. The highest BCUT2D eigenvalue weighted by atomic mass is 32.2. The number of rotatable bonds is 5. The van der Waals surface area contributed by atoms with Gasteiger partial charge in [-0.15, -0.1) is 11.3 Å². The largest absolute Gasteiger partial charge is 0.326 e. The number of carbonyl (C=O) groups is 2. The Kier molecular flexibility index (Phi) is 6.73. The number of aromatic nitrogens is 1. The van der Waals surface area contributed by atoms with Gasteiger partial charge in [0.15, 0.2) is 5.13 Å². The number of hydrogen-bond acceptors (Lipinski definition) is 5. The van der Waals surface area contributed by atoms with Crippen LogP contribution < -0.4 is 10.6 Å². The molecule has 1 atom stereocenters. The van der Waals surface area contributed by atoms with Gasteiger partial charge in [0.1, 0.15) is 6.04 Å². The third-order valence-corrected chi connectivity index (χ3v) is 6.38. The summed E-state index contributed by atoms with van der Waals surface area (Å²) in [6.45, 7) is 5.31. The second-order valence-corrected chi connectivity index (χ2v) is 8.87. The lowest BCUT2D eigenvalue weighted by Gasteiger charge is -2.28. The summed E-state index contributed by atoms with van der Waals surface area (Å²) in [7, 11) is 0. The third kappa shape index (κ3) is 5.46. The van der Waals surface area contributed by atoms with Crippen molar-refractivity contribution in [2.45, 2.75) is 26.3 Å². The molecule has 2 N–H and O–H groups in total. The number of hydrogen-bond donors (Lipinski definition) is 2. The Morgan fingerprint density at radius 1 is 1.19 bits per heavy atom. The van der Waals surface area contributed by atoms with Gasteiger partial charge in [0.05, 0.1) is 5.69 Å². The molecule has 2 aromatic rings. The fourth-order valence-corrected chi connectivity index (χ4v) is 4.51. The molecule has 1 saturated heterocycles. The molecule has 0 aliphatic carbocycles. The van der Waals surface area contributed by atoms with E-state index in [2.05, 4.69) is 15.6 Å². The highest BCUT2D eigenvalue weighted by Gasteiger charge is 2.25. The standard InChI is InChI=1S/C19H24N4O2S2/c1-13-14(2)27-18(20-13)22-17(24)16(12-15-6-4-3-5-7-15)21-19(25)23-8-10-26-11-9-23/h3-7,16H,8-12H2,1-2H3,(H,21,25)(H,20,22,24)/t16-/m0/s1. The number of nitrogens with zero attached hydrogens (tertiary/aromatic N) is 2. The van der Waals surface area contributed by atoms with Crippen LogP contribution in [-0.4, -0.2) is 52.5 Å². The molecule has 2 heterocycles. The van der Waals surface area contributed by atoms with Gasteiger partial charge in [-0.3, -0.25) is 4.79 Å². The van der Waals surface area contributed by atoms with Crippen molar-refractivity contribution in [3.63, 3.8) is 0 Å². The molecule has 8 heteroatoms. The van der Waals surface area contributed by atoms with E-state index in [0.717, 1.165) is 27.6 Å². The van der Waals surface area contributed by atoms with Gasteiger partial charge >= 0.3 is 6.03 Å². The maximum Gasteiger partial charge on any atom is 0.318 e. The number of thioether (sulfide) groups is 1. The molecule has 3 amide bonds. The molecular weight excluding hydrogens is 380 g/mol. The van der Waals surface area contributed by atoms with E-state index in [1.807, 2.05) is 55.9 Å². The summed E-state index contributed by atoms with van der Waals surface area (Å²) < 4.78 is 0. The SMILES string of the molecule is Cc1nc(NC(=O)[C@H](Cc2ccccc2)NC(=O)N2CCSCC2)sc1C. The Labute approximate surface area is 167 Å². The number of urea groups is 1. The van der Waals surface area contributed by atoms with E-state index in [1.54, 1.807) is 4.90 Å². The van der Waals surface area contributed by atoms with Crippen LogP contribution in [0.3, 0.4) is 0 Å². The molecule has 1 aliphatic heterocycles. The Morgan fingerprint density at radius 2 is 1.89 bits per heavy atom. The first kappa shape index (κ1) is 19.7. The first-order valence-corrected chi connectivity index (χ1v) is 10.9. The molecule has 3 rings (SSSR count). The molecule has 144 valence electrons. The number of anilines is 1. The number of aryl methyl sites for hydroxylation is 2. The van der Waals surface area contributed by atoms with Gasteiger partial charge in [-0.1, -0.05) is 30.3 Å². The molecular formula is C19H24N4O2S2. The van der Waals surface area contributed by atoms with Gasteiger partial charge in [-0.05, 0) is 19.4 Å². The van der Waals surface area contributed by atoms with E-state index in [9.17, 15) is 9.59 Å². The summed E-state index contributed by atoms with van der Waals surface area (Å²) in [6.07, 6.45) is 0.435. The van der Waals surface area contributed by atoms with Crippen LogP contribution in [0.5, 0.6) is 0 Å². The maximum atomic E-state index is 12.9. The Morgan fingerprint density at radius 3 is 2.52 bits per heavy atom. The summed E-state index contributed by atoms with van der Waals surface area (Å²) in [4.78, 5) is 32.7. The molecule has 1 aromatic carbocycles. The highest BCUT2D eigenvalue weighted by molar-refractivity contribution is 7.99. The number of carbonyl (C=O) groups excluding carboxylic acids is 2. The fourth-order valence-electron chi connectivity index (χ4n) is 2.78. The van der Waals surface area contributed by atoms with Crippen LogP contribution in [0.25, 0.3) is 0 Å². The summed E-state index contributed by atoms with van der Waals surface area (Å²) >= 11 is 3.29. The van der Waals surface area contributed by atoms with Crippen molar-refractivity contribution in [1.29, 1.82) is 0 Å². The van der Waals surface area contributed by atoms with Crippen molar-refractivity contribution in [1.82, 2.24) is 15.2 Å². The van der Waals surface area contributed by atoms with Gasteiger partial charge in [0.2, 0.25) is 5.91 Å². The van der Waals surface area contributed by atoms with Gasteiger partial charge in [0, 0.05) is 35.9 Å². The van der Waals surface area contributed by atoms with E-state index >= 15 is 0 Å². The van der Waals surface area contributed by atoms with Gasteiger partial charge in [-0.25, -0.2) is 9.78 Å². The molecule has 0 unspecified atom stereocenters. The van der Waals surface area contributed by atoms with Crippen LogP contribution in [0.4, 0.5) is 9.93 Å². The monoisotopic (exact) mass is 404 g/mol. The fraction of sp³-hybridized carbons (Fsp3) is 0.421. The van der Waals surface area contributed by atoms with Gasteiger partial charge in [-0.2, -0.15) is 11.8 Å². The number of benzene rings is 1. The smallest absolute Gasteiger partial charge is 0.318 e. The van der Waals surface area contributed by atoms with E-state index in [-0.39, 0.29) is 11.9 Å². The third-order valence-electron chi connectivity index (χ3n) is 4.45. The van der Waals surface area contributed by atoms with E-state index in [0.29, 0.717) is 24.6 Å². The minimum Gasteiger partial charge on any atom is -0.326 e. The Bertz CT molecular complexity index is 769. The molecule has 0 spiro atoms. The predicted molar refractivity (Wildman–Crippen MR) is 112 cm³/mol. The zero-order chi connectivity index (χ0) is 19.2. The van der Waals surface area contributed by atoms with Crippen LogP contribution in [0.1, 0.15) is 16.1 Å². The lowest BCUT2D eigenvalue weighted by molar-refractivity contribution is -0.118. The molecule has 0 radical (unpaired) electrons. The lowest BCUT2D eigenvalue weighted by Crippen LogP contribution is -2.52. The molecule has 0 bridgehead atoms. The van der Waals surface area contributed by atoms with E-state index in [4.69, 9.17) is 0 Å². The van der Waals surface area contributed by atoms with Crippen LogP contribution in [0.15, 0.2) is 30.3 Å². The Hall–Kier alpha value is -2.06. The number of amides is 3. The molecule has 27 heavy (non-hydrogen) atoms. The molecule has 1 fully saturated rings. The zero-order valence-electron chi connectivity index (χ0n) is 15.5. The van der Waals surface area contributed by atoms with Crippen LogP contribution in [-0.2, 0) is 11.2 Å². The maximum absolute atomic E-state index is 12.9. The summed E-state index contributed by atoms with van der Waals surface area (Å²) in [5, 5.41) is 6.35. The van der Waals surface area contributed by atoms with Crippen molar-refractivity contribution in [2.24, 2.45) is 0 Å². The second kappa shape index (κ2) is 9.23. The quantitative estimate of drug-likeness (QED) is 0.803. The van der Waals surface area contributed by atoms with Crippen molar-refractivity contribution < 1.29 is 9.59 Å². The lowest BCUT2D eigenvalue weighted by atomic mass is 10.1. The van der Waals surface area contributed by atoms with Crippen LogP contribution >= 0.6 is 23.1 Å². The second-order valence-electron chi connectivity index (χ2n) is 6.44. The van der Waals surface area contributed by atoms with Crippen molar-refractivity contribution in [2.75, 3.05) is 29.9 Å². The first-order chi connectivity index (χ1) is 13.0. The Balaban J connectivity index is 1.71.